The zero-order chi connectivity index (χ0) is 14.4. The van der Waals surface area contributed by atoms with E-state index < -0.39 is 5.54 Å². The van der Waals surface area contributed by atoms with Gasteiger partial charge in [-0.2, -0.15) is 0 Å². The van der Waals surface area contributed by atoms with Crippen LogP contribution in [0.15, 0.2) is 24.3 Å². The van der Waals surface area contributed by atoms with Crippen molar-refractivity contribution in [1.82, 2.24) is 5.32 Å². The molecule has 1 aromatic rings. The molecule has 0 bridgehead atoms. The van der Waals surface area contributed by atoms with E-state index in [0.717, 1.165) is 37.9 Å². The number of rotatable bonds is 6. The van der Waals surface area contributed by atoms with Gasteiger partial charge < -0.3 is 15.2 Å². The third-order valence-electron chi connectivity index (χ3n) is 3.83. The van der Waals surface area contributed by atoms with Crippen molar-refractivity contribution in [2.75, 3.05) is 13.2 Å². The van der Waals surface area contributed by atoms with E-state index in [9.17, 15) is 9.90 Å². The van der Waals surface area contributed by atoms with Gasteiger partial charge in [-0.15, -0.1) is 0 Å². The highest BCUT2D eigenvalue weighted by atomic mass is 16.5. The lowest BCUT2D eigenvalue weighted by Crippen LogP contribution is -2.49. The second-order valence-corrected chi connectivity index (χ2v) is 5.47. The number of nitrogens with one attached hydrogen (secondary N) is 1. The van der Waals surface area contributed by atoms with Gasteiger partial charge in [-0.05, 0) is 43.5 Å². The van der Waals surface area contributed by atoms with Crippen LogP contribution < -0.4 is 10.1 Å². The molecule has 0 heterocycles. The van der Waals surface area contributed by atoms with Crippen LogP contribution in [0, 0.1) is 0 Å². The zero-order valence-electron chi connectivity index (χ0n) is 12.0. The average molecular weight is 277 g/mol. The Morgan fingerprint density at radius 3 is 2.50 bits per heavy atom. The summed E-state index contributed by atoms with van der Waals surface area (Å²) in [5.41, 5.74) is 0.183. The van der Waals surface area contributed by atoms with Gasteiger partial charge >= 0.3 is 0 Å². The molecule has 1 saturated carbocycles. The van der Waals surface area contributed by atoms with Crippen LogP contribution in [0.2, 0.25) is 0 Å². The van der Waals surface area contributed by atoms with Gasteiger partial charge in [0.05, 0.1) is 18.8 Å². The van der Waals surface area contributed by atoms with Crippen molar-refractivity contribution in [1.29, 1.82) is 0 Å². The highest BCUT2D eigenvalue weighted by Crippen LogP contribution is 2.29. The predicted molar refractivity (Wildman–Crippen MR) is 78.0 cm³/mol. The molecule has 1 aliphatic rings. The molecule has 0 radical (unpaired) electrons. The second kappa shape index (κ2) is 6.75. The van der Waals surface area contributed by atoms with Gasteiger partial charge in [0.1, 0.15) is 5.75 Å². The predicted octanol–water partition coefficient (Wildman–Crippen LogP) is 2.51. The largest absolute Gasteiger partial charge is 0.494 e. The summed E-state index contributed by atoms with van der Waals surface area (Å²) in [5, 5.41) is 12.5. The maximum Gasteiger partial charge on any atom is 0.251 e. The molecule has 4 heteroatoms. The minimum atomic E-state index is -0.422. The van der Waals surface area contributed by atoms with Crippen molar-refractivity contribution in [2.24, 2.45) is 0 Å². The topological polar surface area (TPSA) is 58.6 Å². The van der Waals surface area contributed by atoms with E-state index in [1.807, 2.05) is 12.1 Å². The molecular weight excluding hydrogens is 254 g/mol. The van der Waals surface area contributed by atoms with E-state index in [1.165, 1.54) is 0 Å². The van der Waals surface area contributed by atoms with Crippen LogP contribution in [0.4, 0.5) is 0 Å². The number of carbonyl (C=O) groups excluding carboxylic acids is 1. The van der Waals surface area contributed by atoms with Crippen LogP contribution in [0.25, 0.3) is 0 Å². The Bertz CT molecular complexity index is 436. The fourth-order valence-electron chi connectivity index (χ4n) is 2.61. The highest BCUT2D eigenvalue weighted by molar-refractivity contribution is 5.94. The van der Waals surface area contributed by atoms with Crippen molar-refractivity contribution in [3.8, 4) is 5.75 Å². The van der Waals surface area contributed by atoms with E-state index in [0.29, 0.717) is 12.2 Å². The van der Waals surface area contributed by atoms with Crippen LogP contribution in [0.5, 0.6) is 5.75 Å². The summed E-state index contributed by atoms with van der Waals surface area (Å²) in [4.78, 5) is 12.2. The van der Waals surface area contributed by atoms with Crippen LogP contribution in [0.3, 0.4) is 0 Å². The Labute approximate surface area is 120 Å². The first kappa shape index (κ1) is 14.9. The first-order chi connectivity index (χ1) is 9.69. The summed E-state index contributed by atoms with van der Waals surface area (Å²) in [5.74, 6) is 0.657. The number of ether oxygens (including phenoxy) is 1. The third kappa shape index (κ3) is 3.51. The molecule has 20 heavy (non-hydrogen) atoms. The number of amides is 1. The van der Waals surface area contributed by atoms with Crippen molar-refractivity contribution in [2.45, 2.75) is 44.6 Å². The Kier molecular flexibility index (Phi) is 5.01. The van der Waals surface area contributed by atoms with Crippen LogP contribution >= 0.6 is 0 Å². The molecule has 1 amide bonds. The molecule has 2 rings (SSSR count). The van der Waals surface area contributed by atoms with Gasteiger partial charge in [-0.1, -0.05) is 19.8 Å². The summed E-state index contributed by atoms with van der Waals surface area (Å²) >= 11 is 0. The number of hydrogen-bond donors (Lipinski definition) is 2. The molecule has 0 spiro atoms. The molecule has 2 N–H and O–H groups in total. The molecule has 0 aliphatic heterocycles. The molecule has 1 fully saturated rings. The molecule has 0 aromatic heterocycles. The number of aliphatic hydroxyl groups is 1. The average Bonchev–Trinajstić information content (AvgIpc) is 2.94. The lowest BCUT2D eigenvalue weighted by atomic mass is 9.98. The minimum absolute atomic E-state index is 0.0104. The van der Waals surface area contributed by atoms with Gasteiger partial charge in [0, 0.05) is 5.56 Å². The standard InChI is InChI=1S/C16H23NO3/c1-2-11-20-14-7-5-13(6-8-14)15(19)17-16(12-18)9-3-4-10-16/h5-8,18H,2-4,9-12H2,1H3,(H,17,19). The maximum absolute atomic E-state index is 12.2. The van der Waals surface area contributed by atoms with E-state index in [4.69, 9.17) is 4.74 Å². The van der Waals surface area contributed by atoms with Crippen molar-refractivity contribution in [3.63, 3.8) is 0 Å². The summed E-state index contributed by atoms with van der Waals surface area (Å²) in [6.45, 7) is 2.74. The third-order valence-corrected chi connectivity index (χ3v) is 3.83. The maximum atomic E-state index is 12.2. The van der Waals surface area contributed by atoms with E-state index in [-0.39, 0.29) is 12.5 Å². The Hall–Kier alpha value is -1.55. The molecule has 0 atom stereocenters. The summed E-state index contributed by atoms with van der Waals surface area (Å²) in [7, 11) is 0. The Morgan fingerprint density at radius 1 is 1.30 bits per heavy atom. The molecule has 0 saturated heterocycles. The lowest BCUT2D eigenvalue weighted by Gasteiger charge is -2.28. The van der Waals surface area contributed by atoms with Gasteiger partial charge in [-0.25, -0.2) is 0 Å². The smallest absolute Gasteiger partial charge is 0.251 e. The van der Waals surface area contributed by atoms with Crippen LogP contribution in [-0.4, -0.2) is 29.8 Å². The normalized spacial score (nSPS) is 16.9. The van der Waals surface area contributed by atoms with Gasteiger partial charge in [-0.3, -0.25) is 4.79 Å². The van der Waals surface area contributed by atoms with Gasteiger partial charge in [0.15, 0.2) is 0 Å². The summed E-state index contributed by atoms with van der Waals surface area (Å²) < 4.78 is 5.49. The molecule has 0 unspecified atom stereocenters. The fourth-order valence-corrected chi connectivity index (χ4v) is 2.61. The van der Waals surface area contributed by atoms with Crippen LogP contribution in [-0.2, 0) is 0 Å². The number of aliphatic hydroxyl groups excluding tert-OH is 1. The first-order valence-electron chi connectivity index (χ1n) is 7.35. The second-order valence-electron chi connectivity index (χ2n) is 5.47. The lowest BCUT2D eigenvalue weighted by molar-refractivity contribution is 0.0838. The van der Waals surface area contributed by atoms with E-state index >= 15 is 0 Å². The summed E-state index contributed by atoms with van der Waals surface area (Å²) in [6, 6.07) is 7.15. The molecule has 110 valence electrons. The zero-order valence-corrected chi connectivity index (χ0v) is 12.0. The van der Waals surface area contributed by atoms with E-state index in [1.54, 1.807) is 12.1 Å². The fraction of sp³-hybridized carbons (Fsp3) is 0.562. The van der Waals surface area contributed by atoms with Crippen molar-refractivity contribution in [3.05, 3.63) is 29.8 Å². The quantitative estimate of drug-likeness (QED) is 0.840. The molecule has 1 aliphatic carbocycles. The monoisotopic (exact) mass is 277 g/mol. The molecular formula is C16H23NO3. The van der Waals surface area contributed by atoms with Gasteiger partial charge in [0.25, 0.3) is 5.91 Å². The Balaban J connectivity index is 1.98. The number of carbonyl (C=O) groups is 1. The number of hydrogen-bond acceptors (Lipinski definition) is 3. The Morgan fingerprint density at radius 2 is 1.95 bits per heavy atom. The van der Waals surface area contributed by atoms with Crippen molar-refractivity contribution < 1.29 is 14.6 Å². The van der Waals surface area contributed by atoms with Gasteiger partial charge in [0.2, 0.25) is 0 Å². The first-order valence-corrected chi connectivity index (χ1v) is 7.35. The highest BCUT2D eigenvalue weighted by Gasteiger charge is 2.34. The minimum Gasteiger partial charge on any atom is -0.494 e. The van der Waals surface area contributed by atoms with Crippen LogP contribution in [0.1, 0.15) is 49.4 Å². The summed E-state index contributed by atoms with van der Waals surface area (Å²) in [6.07, 6.45) is 4.79. The number of benzene rings is 1. The van der Waals surface area contributed by atoms with E-state index in [2.05, 4.69) is 12.2 Å². The SMILES string of the molecule is CCCOc1ccc(C(=O)NC2(CO)CCCC2)cc1. The van der Waals surface area contributed by atoms with Crippen molar-refractivity contribution >= 4 is 5.91 Å². The molecule has 1 aromatic carbocycles. The molecule has 4 nitrogen and oxygen atoms in total.